The molecule has 14 heavy (non-hydrogen) atoms. The Kier molecular flexibility index (Phi) is 5.09. The van der Waals surface area contributed by atoms with Gasteiger partial charge in [-0.3, -0.25) is 0 Å². The van der Waals surface area contributed by atoms with Gasteiger partial charge in [0.25, 0.3) is 0 Å². The summed E-state index contributed by atoms with van der Waals surface area (Å²) < 4.78 is 0.919. The minimum absolute atomic E-state index is 0.919. The van der Waals surface area contributed by atoms with Crippen LogP contribution in [0.25, 0.3) is 0 Å². The van der Waals surface area contributed by atoms with Crippen LogP contribution in [-0.4, -0.2) is 9.97 Å². The second kappa shape index (κ2) is 6.12. The lowest BCUT2D eigenvalue weighted by atomic mass is 10.2. The van der Waals surface area contributed by atoms with Crippen LogP contribution in [-0.2, 0) is 12.8 Å². The van der Waals surface area contributed by atoms with E-state index in [0.29, 0.717) is 0 Å². The Morgan fingerprint density at radius 1 is 1.14 bits per heavy atom. The maximum atomic E-state index is 4.52. The van der Waals surface area contributed by atoms with Crippen molar-refractivity contribution >= 4 is 15.9 Å². The smallest absolute Gasteiger partial charge is 0.129 e. The van der Waals surface area contributed by atoms with Gasteiger partial charge in [0.1, 0.15) is 10.4 Å². The first-order chi connectivity index (χ1) is 6.76. The first kappa shape index (κ1) is 11.6. The predicted octanol–water partition coefficient (Wildman–Crippen LogP) is 3.53. The molecule has 1 aromatic rings. The van der Waals surface area contributed by atoms with Gasteiger partial charge in [0.2, 0.25) is 0 Å². The minimum atomic E-state index is 0.919. The predicted molar refractivity (Wildman–Crippen MR) is 62.3 cm³/mol. The lowest BCUT2D eigenvalue weighted by molar-refractivity contribution is 0.747. The van der Waals surface area contributed by atoms with Gasteiger partial charge in [-0.1, -0.05) is 20.3 Å². The van der Waals surface area contributed by atoms with Gasteiger partial charge in [0, 0.05) is 12.1 Å². The van der Waals surface area contributed by atoms with Crippen LogP contribution in [0.5, 0.6) is 0 Å². The molecule has 0 fully saturated rings. The lowest BCUT2D eigenvalue weighted by Crippen LogP contribution is -1.99. The second-order valence-electron chi connectivity index (χ2n) is 3.45. The number of aromatic nitrogens is 2. The molecule has 0 amide bonds. The highest BCUT2D eigenvalue weighted by molar-refractivity contribution is 9.10. The molecule has 3 heteroatoms. The number of hydrogen-bond acceptors (Lipinski definition) is 2. The standard InChI is InChI=1S/C11H17BrN2/c1-3-5-7-9-8-10(12)14-11(13-9)6-4-2/h8H,3-7H2,1-2H3. The Labute approximate surface area is 94.3 Å². The molecule has 1 heterocycles. The third kappa shape index (κ3) is 3.74. The van der Waals surface area contributed by atoms with Gasteiger partial charge in [0.15, 0.2) is 0 Å². The second-order valence-corrected chi connectivity index (χ2v) is 4.26. The molecule has 0 radical (unpaired) electrons. The van der Waals surface area contributed by atoms with Crippen molar-refractivity contribution in [2.24, 2.45) is 0 Å². The molecule has 1 aromatic heterocycles. The summed E-state index contributed by atoms with van der Waals surface area (Å²) in [5, 5.41) is 0. The summed E-state index contributed by atoms with van der Waals surface area (Å²) in [6.07, 6.45) is 5.55. The van der Waals surface area contributed by atoms with Gasteiger partial charge in [-0.2, -0.15) is 0 Å². The number of halogens is 1. The van der Waals surface area contributed by atoms with Crippen molar-refractivity contribution in [1.29, 1.82) is 0 Å². The van der Waals surface area contributed by atoms with Crippen molar-refractivity contribution in [3.8, 4) is 0 Å². The number of aryl methyl sites for hydroxylation is 2. The zero-order valence-corrected chi connectivity index (χ0v) is 10.5. The summed E-state index contributed by atoms with van der Waals surface area (Å²) in [4.78, 5) is 8.86. The van der Waals surface area contributed by atoms with Crippen molar-refractivity contribution in [3.05, 3.63) is 22.2 Å². The maximum absolute atomic E-state index is 4.52. The van der Waals surface area contributed by atoms with Gasteiger partial charge < -0.3 is 0 Å². The van der Waals surface area contributed by atoms with E-state index in [1.165, 1.54) is 12.8 Å². The van der Waals surface area contributed by atoms with Gasteiger partial charge >= 0.3 is 0 Å². The number of nitrogens with zero attached hydrogens (tertiary/aromatic N) is 2. The summed E-state index contributed by atoms with van der Waals surface area (Å²) in [5.41, 5.74) is 1.16. The molecular formula is C11H17BrN2. The van der Waals surface area contributed by atoms with E-state index >= 15 is 0 Å². The van der Waals surface area contributed by atoms with E-state index in [-0.39, 0.29) is 0 Å². The van der Waals surface area contributed by atoms with E-state index < -0.39 is 0 Å². The van der Waals surface area contributed by atoms with Crippen LogP contribution >= 0.6 is 15.9 Å². The largest absolute Gasteiger partial charge is 0.238 e. The molecule has 0 atom stereocenters. The van der Waals surface area contributed by atoms with Crippen LogP contribution in [0.2, 0.25) is 0 Å². The molecule has 0 saturated carbocycles. The van der Waals surface area contributed by atoms with Crippen molar-refractivity contribution in [3.63, 3.8) is 0 Å². The van der Waals surface area contributed by atoms with Gasteiger partial charge in [-0.25, -0.2) is 9.97 Å². The molecule has 1 rings (SSSR count). The quantitative estimate of drug-likeness (QED) is 0.754. The Balaban J connectivity index is 2.73. The first-order valence-corrected chi connectivity index (χ1v) is 6.08. The van der Waals surface area contributed by atoms with Gasteiger partial charge in [0.05, 0.1) is 0 Å². The zero-order valence-electron chi connectivity index (χ0n) is 8.89. The molecule has 0 saturated heterocycles. The average molecular weight is 257 g/mol. The van der Waals surface area contributed by atoms with Crippen molar-refractivity contribution < 1.29 is 0 Å². The summed E-state index contributed by atoms with van der Waals surface area (Å²) >= 11 is 3.42. The summed E-state index contributed by atoms with van der Waals surface area (Å²) in [6.45, 7) is 4.35. The fourth-order valence-electron chi connectivity index (χ4n) is 1.34. The molecular weight excluding hydrogens is 240 g/mol. The van der Waals surface area contributed by atoms with Crippen LogP contribution in [0.4, 0.5) is 0 Å². The van der Waals surface area contributed by atoms with E-state index in [0.717, 1.165) is 35.4 Å². The van der Waals surface area contributed by atoms with E-state index in [9.17, 15) is 0 Å². The van der Waals surface area contributed by atoms with Crippen LogP contribution < -0.4 is 0 Å². The molecule has 0 aliphatic rings. The molecule has 0 bridgehead atoms. The monoisotopic (exact) mass is 256 g/mol. The maximum Gasteiger partial charge on any atom is 0.129 e. The molecule has 0 N–H and O–H groups in total. The summed E-state index contributed by atoms with van der Waals surface area (Å²) in [6, 6.07) is 2.02. The third-order valence-corrected chi connectivity index (χ3v) is 2.46. The number of hydrogen-bond donors (Lipinski definition) is 0. The van der Waals surface area contributed by atoms with Crippen molar-refractivity contribution in [2.75, 3.05) is 0 Å². The third-order valence-electron chi connectivity index (χ3n) is 2.05. The van der Waals surface area contributed by atoms with Crippen LogP contribution in [0.1, 0.15) is 44.6 Å². The molecule has 78 valence electrons. The topological polar surface area (TPSA) is 25.8 Å². The highest BCUT2D eigenvalue weighted by atomic mass is 79.9. The highest BCUT2D eigenvalue weighted by Gasteiger charge is 2.01. The van der Waals surface area contributed by atoms with E-state index in [1.807, 2.05) is 6.07 Å². The Morgan fingerprint density at radius 2 is 1.93 bits per heavy atom. The fraction of sp³-hybridized carbons (Fsp3) is 0.636. The van der Waals surface area contributed by atoms with Gasteiger partial charge in [-0.15, -0.1) is 0 Å². The average Bonchev–Trinajstić information content (AvgIpc) is 2.14. The number of rotatable bonds is 5. The Bertz CT molecular complexity index is 287. The van der Waals surface area contributed by atoms with Crippen molar-refractivity contribution in [2.45, 2.75) is 46.0 Å². The Hall–Kier alpha value is -0.440. The minimum Gasteiger partial charge on any atom is -0.238 e. The van der Waals surface area contributed by atoms with E-state index in [1.54, 1.807) is 0 Å². The van der Waals surface area contributed by atoms with Crippen LogP contribution in [0.3, 0.4) is 0 Å². The van der Waals surface area contributed by atoms with E-state index in [4.69, 9.17) is 0 Å². The molecule has 0 aliphatic heterocycles. The van der Waals surface area contributed by atoms with Crippen molar-refractivity contribution in [1.82, 2.24) is 9.97 Å². The van der Waals surface area contributed by atoms with Crippen LogP contribution in [0.15, 0.2) is 10.7 Å². The highest BCUT2D eigenvalue weighted by Crippen LogP contribution is 2.11. The van der Waals surface area contributed by atoms with Gasteiger partial charge in [-0.05, 0) is 41.3 Å². The summed E-state index contributed by atoms with van der Waals surface area (Å²) in [5.74, 6) is 0.966. The molecule has 0 aromatic carbocycles. The van der Waals surface area contributed by atoms with Crippen LogP contribution in [0, 0.1) is 0 Å². The summed E-state index contributed by atoms with van der Waals surface area (Å²) in [7, 11) is 0. The normalized spacial score (nSPS) is 10.5. The number of unbranched alkanes of at least 4 members (excludes halogenated alkanes) is 1. The molecule has 0 aliphatic carbocycles. The zero-order chi connectivity index (χ0) is 10.4. The lowest BCUT2D eigenvalue weighted by Gasteiger charge is -2.03. The first-order valence-electron chi connectivity index (χ1n) is 5.28. The van der Waals surface area contributed by atoms with E-state index in [2.05, 4.69) is 39.7 Å². The Morgan fingerprint density at radius 3 is 2.57 bits per heavy atom. The molecule has 0 unspecified atom stereocenters. The fourth-order valence-corrected chi connectivity index (χ4v) is 1.81. The molecule has 2 nitrogen and oxygen atoms in total. The molecule has 0 spiro atoms. The SMILES string of the molecule is CCCCc1cc(Br)nc(CCC)n1.